The highest BCUT2D eigenvalue weighted by molar-refractivity contribution is 6.35. The molecule has 0 saturated carbocycles. The zero-order chi connectivity index (χ0) is 18.8. The number of hydrogen-bond acceptors (Lipinski definition) is 3. The molecule has 5 nitrogen and oxygen atoms in total. The number of oxazole rings is 1. The molecule has 1 heterocycles. The number of nitrogens with zero attached hydrogens (tertiary/aromatic N) is 2. The van der Waals surface area contributed by atoms with Crippen molar-refractivity contribution in [1.82, 2.24) is 9.47 Å². The van der Waals surface area contributed by atoms with Crippen molar-refractivity contribution in [2.45, 2.75) is 19.5 Å². The second kappa shape index (κ2) is 7.74. The summed E-state index contributed by atoms with van der Waals surface area (Å²) in [6, 6.07) is 10.1. The number of aryl methyl sites for hydroxylation is 1. The first-order valence-corrected chi connectivity index (χ1v) is 8.95. The molecule has 0 N–H and O–H groups in total. The van der Waals surface area contributed by atoms with Gasteiger partial charge >= 0.3 is 5.76 Å². The van der Waals surface area contributed by atoms with Crippen LogP contribution in [0.5, 0.6) is 0 Å². The van der Waals surface area contributed by atoms with Gasteiger partial charge in [-0.3, -0.25) is 9.36 Å². The molecule has 0 aliphatic rings. The number of amides is 1. The zero-order valence-electron chi connectivity index (χ0n) is 13.8. The Morgan fingerprint density at radius 1 is 1.12 bits per heavy atom. The maximum Gasteiger partial charge on any atom is 0.419 e. The van der Waals surface area contributed by atoms with Crippen molar-refractivity contribution in [3.63, 3.8) is 0 Å². The Balaban J connectivity index is 1.69. The van der Waals surface area contributed by atoms with Crippen LogP contribution in [0.25, 0.3) is 11.1 Å². The van der Waals surface area contributed by atoms with Crippen molar-refractivity contribution in [1.29, 1.82) is 0 Å². The van der Waals surface area contributed by atoms with Crippen molar-refractivity contribution >= 4 is 51.8 Å². The van der Waals surface area contributed by atoms with E-state index in [1.807, 2.05) is 0 Å². The minimum absolute atomic E-state index is 0.119. The van der Waals surface area contributed by atoms with Crippen LogP contribution in [0, 0.1) is 0 Å². The molecule has 0 saturated heterocycles. The fraction of sp³-hybridized carbons (Fsp3) is 0.222. The molecular weight excluding hydrogens is 399 g/mol. The van der Waals surface area contributed by atoms with Crippen LogP contribution in [0.3, 0.4) is 0 Å². The summed E-state index contributed by atoms with van der Waals surface area (Å²) in [5.74, 6) is -0.635. The minimum atomic E-state index is -0.515. The van der Waals surface area contributed by atoms with Crippen LogP contribution in [0.4, 0.5) is 0 Å². The van der Waals surface area contributed by atoms with Crippen LogP contribution in [-0.2, 0) is 17.9 Å². The lowest BCUT2D eigenvalue weighted by Gasteiger charge is -2.18. The number of halogens is 3. The van der Waals surface area contributed by atoms with E-state index in [4.69, 9.17) is 39.2 Å². The first-order valence-electron chi connectivity index (χ1n) is 7.82. The molecule has 0 aliphatic heterocycles. The molecule has 0 aliphatic carbocycles. The second-order valence-electron chi connectivity index (χ2n) is 5.87. The van der Waals surface area contributed by atoms with Gasteiger partial charge in [-0.2, -0.15) is 0 Å². The van der Waals surface area contributed by atoms with E-state index < -0.39 is 5.76 Å². The lowest BCUT2D eigenvalue weighted by molar-refractivity contribution is -0.130. The standard InChI is InChI=1S/C18H15Cl3N2O3/c1-22(10-11-2-3-12(19)8-14(11)21)17(24)6-7-23-15-5-4-13(20)9-16(15)26-18(23)25/h2-5,8-9H,6-7,10H2,1H3. The van der Waals surface area contributed by atoms with Crippen molar-refractivity contribution in [3.8, 4) is 0 Å². The Morgan fingerprint density at radius 2 is 1.81 bits per heavy atom. The van der Waals surface area contributed by atoms with E-state index in [0.717, 1.165) is 5.56 Å². The van der Waals surface area contributed by atoms with Gasteiger partial charge in [0.1, 0.15) is 0 Å². The summed E-state index contributed by atoms with van der Waals surface area (Å²) in [4.78, 5) is 26.0. The van der Waals surface area contributed by atoms with Gasteiger partial charge in [0.15, 0.2) is 5.58 Å². The quantitative estimate of drug-likeness (QED) is 0.614. The largest absolute Gasteiger partial charge is 0.419 e. The molecule has 1 aromatic heterocycles. The van der Waals surface area contributed by atoms with Gasteiger partial charge in [0.25, 0.3) is 0 Å². The third-order valence-corrected chi connectivity index (χ3v) is 4.85. The highest BCUT2D eigenvalue weighted by atomic mass is 35.5. The summed E-state index contributed by atoms with van der Waals surface area (Å²) in [5.41, 5.74) is 1.80. The fourth-order valence-electron chi connectivity index (χ4n) is 2.64. The van der Waals surface area contributed by atoms with E-state index in [-0.39, 0.29) is 18.9 Å². The van der Waals surface area contributed by atoms with E-state index in [0.29, 0.717) is 32.7 Å². The van der Waals surface area contributed by atoms with E-state index in [2.05, 4.69) is 0 Å². The number of rotatable bonds is 5. The molecule has 2 aromatic carbocycles. The van der Waals surface area contributed by atoms with Gasteiger partial charge in [0, 0.05) is 47.7 Å². The molecule has 0 unspecified atom stereocenters. The molecule has 1 amide bonds. The Hall–Kier alpha value is -1.95. The number of hydrogen-bond donors (Lipinski definition) is 0. The molecule has 0 bridgehead atoms. The van der Waals surface area contributed by atoms with Crippen LogP contribution < -0.4 is 5.76 Å². The summed E-state index contributed by atoms with van der Waals surface area (Å²) in [6.45, 7) is 0.566. The topological polar surface area (TPSA) is 55.5 Å². The van der Waals surface area contributed by atoms with Gasteiger partial charge in [0.05, 0.1) is 5.52 Å². The monoisotopic (exact) mass is 412 g/mol. The van der Waals surface area contributed by atoms with Gasteiger partial charge in [-0.05, 0) is 29.8 Å². The molecule has 26 heavy (non-hydrogen) atoms. The van der Waals surface area contributed by atoms with E-state index >= 15 is 0 Å². The number of aromatic nitrogens is 1. The summed E-state index contributed by atoms with van der Waals surface area (Å²) in [6.07, 6.45) is 0.152. The number of fused-ring (bicyclic) bond motifs is 1. The van der Waals surface area contributed by atoms with Crippen molar-refractivity contribution in [2.24, 2.45) is 0 Å². The second-order valence-corrected chi connectivity index (χ2v) is 7.15. The highest BCUT2D eigenvalue weighted by Crippen LogP contribution is 2.22. The third kappa shape index (κ3) is 4.06. The Labute approximate surface area is 164 Å². The normalized spacial score (nSPS) is 11.1. The first-order chi connectivity index (χ1) is 12.3. The van der Waals surface area contributed by atoms with Crippen molar-refractivity contribution in [3.05, 3.63) is 67.6 Å². The molecule has 0 spiro atoms. The van der Waals surface area contributed by atoms with E-state index in [1.165, 1.54) is 4.57 Å². The van der Waals surface area contributed by atoms with Crippen molar-refractivity contribution in [2.75, 3.05) is 7.05 Å². The van der Waals surface area contributed by atoms with Crippen LogP contribution in [-0.4, -0.2) is 22.4 Å². The molecule has 3 rings (SSSR count). The van der Waals surface area contributed by atoms with Crippen LogP contribution in [0.2, 0.25) is 15.1 Å². The van der Waals surface area contributed by atoms with Crippen LogP contribution in [0.1, 0.15) is 12.0 Å². The van der Waals surface area contributed by atoms with Crippen LogP contribution >= 0.6 is 34.8 Å². The van der Waals surface area contributed by atoms with Gasteiger partial charge in [-0.15, -0.1) is 0 Å². The predicted octanol–water partition coefficient (Wildman–Crippen LogP) is 4.60. The number of carbonyl (C=O) groups excluding carboxylic acids is 1. The molecule has 0 fully saturated rings. The van der Waals surface area contributed by atoms with Crippen molar-refractivity contribution < 1.29 is 9.21 Å². The first kappa shape index (κ1) is 18.8. The van der Waals surface area contributed by atoms with E-state index in [9.17, 15) is 9.59 Å². The highest BCUT2D eigenvalue weighted by Gasteiger charge is 2.15. The van der Waals surface area contributed by atoms with Crippen LogP contribution in [0.15, 0.2) is 45.6 Å². The fourth-order valence-corrected chi connectivity index (χ4v) is 3.27. The Bertz CT molecular complexity index is 1030. The van der Waals surface area contributed by atoms with Gasteiger partial charge < -0.3 is 9.32 Å². The lowest BCUT2D eigenvalue weighted by Crippen LogP contribution is -2.28. The average Bonchev–Trinajstić information content (AvgIpc) is 2.89. The molecular formula is C18H15Cl3N2O3. The number of benzene rings is 2. The van der Waals surface area contributed by atoms with Gasteiger partial charge in [0.2, 0.25) is 5.91 Å². The molecule has 8 heteroatoms. The third-order valence-electron chi connectivity index (χ3n) is 4.03. The predicted molar refractivity (Wildman–Crippen MR) is 103 cm³/mol. The Morgan fingerprint density at radius 3 is 2.54 bits per heavy atom. The summed E-state index contributed by atoms with van der Waals surface area (Å²) in [7, 11) is 1.68. The zero-order valence-corrected chi connectivity index (χ0v) is 16.1. The van der Waals surface area contributed by atoms with E-state index in [1.54, 1.807) is 48.3 Å². The lowest BCUT2D eigenvalue weighted by atomic mass is 10.2. The summed E-state index contributed by atoms with van der Waals surface area (Å²) in [5, 5.41) is 1.53. The SMILES string of the molecule is CN(Cc1ccc(Cl)cc1Cl)C(=O)CCn1c(=O)oc2cc(Cl)ccc21. The maximum atomic E-state index is 12.4. The Kier molecular flexibility index (Phi) is 5.61. The number of carbonyl (C=O) groups is 1. The molecule has 3 aromatic rings. The summed E-state index contributed by atoms with van der Waals surface area (Å²) < 4.78 is 6.59. The molecule has 0 atom stereocenters. The average molecular weight is 414 g/mol. The maximum absolute atomic E-state index is 12.4. The molecule has 136 valence electrons. The smallest absolute Gasteiger partial charge is 0.408 e. The summed E-state index contributed by atoms with van der Waals surface area (Å²) >= 11 is 17.9. The molecule has 0 radical (unpaired) electrons. The van der Waals surface area contributed by atoms with Gasteiger partial charge in [-0.1, -0.05) is 40.9 Å². The minimum Gasteiger partial charge on any atom is -0.408 e. The van der Waals surface area contributed by atoms with Gasteiger partial charge in [-0.25, -0.2) is 4.79 Å².